The molecule has 88 valence electrons. The number of hydrogen-bond donors (Lipinski definition) is 5. The molecule has 0 amide bonds. The van der Waals surface area contributed by atoms with Gasteiger partial charge < -0.3 is 24.5 Å². The first-order chi connectivity index (χ1) is 5.41. The van der Waals surface area contributed by atoms with Crippen molar-refractivity contribution in [3.05, 3.63) is 0 Å². The van der Waals surface area contributed by atoms with Gasteiger partial charge >= 0.3 is 72.3 Å². The van der Waals surface area contributed by atoms with Crippen LogP contribution in [0.15, 0.2) is 0 Å². The van der Waals surface area contributed by atoms with E-state index in [0.717, 1.165) is 0 Å². The SMILES string of the molecule is O=P(O)(O)OP(=O)(O)OP(=O)(O)O.[BaH2].[Ti]. The van der Waals surface area contributed by atoms with Crippen molar-refractivity contribution in [2.24, 2.45) is 0 Å². The van der Waals surface area contributed by atoms with Gasteiger partial charge in [0.05, 0.1) is 0 Å². The molecule has 10 nitrogen and oxygen atoms in total. The second kappa shape index (κ2) is 7.99. The summed E-state index contributed by atoms with van der Waals surface area (Å²) in [6, 6.07) is 0. The van der Waals surface area contributed by atoms with E-state index in [2.05, 4.69) is 8.62 Å². The zero-order chi connectivity index (χ0) is 10.9. The molecule has 0 atom stereocenters. The van der Waals surface area contributed by atoms with Gasteiger partial charge in [0.15, 0.2) is 0 Å². The minimum absolute atomic E-state index is 0. The van der Waals surface area contributed by atoms with Gasteiger partial charge in [-0.1, -0.05) is 0 Å². The molecule has 0 aromatic heterocycles. The van der Waals surface area contributed by atoms with E-state index >= 15 is 0 Å². The first kappa shape index (κ1) is 22.8. The maximum absolute atomic E-state index is 10.4. The third kappa shape index (κ3) is 16.7. The molecule has 0 aliphatic carbocycles. The molecule has 0 bridgehead atoms. The molecule has 0 aromatic rings. The Balaban J connectivity index is -0.000000720. The van der Waals surface area contributed by atoms with Crippen LogP contribution >= 0.6 is 23.5 Å². The van der Waals surface area contributed by atoms with Crippen LogP contribution in [-0.4, -0.2) is 73.3 Å². The van der Waals surface area contributed by atoms with Crippen LogP contribution in [0, 0.1) is 0 Å². The predicted octanol–water partition coefficient (Wildman–Crippen LogP) is -1.61. The van der Waals surface area contributed by atoms with E-state index in [9.17, 15) is 13.7 Å². The molecule has 0 rings (SSSR count). The Bertz CT molecular complexity index is 283. The van der Waals surface area contributed by atoms with Crippen molar-refractivity contribution in [1.82, 2.24) is 0 Å². The largest absolute Gasteiger partial charge is 0 e. The topological polar surface area (TPSA) is 171 Å². The van der Waals surface area contributed by atoms with Crippen LogP contribution in [-0.2, 0) is 44.0 Å². The molecule has 15 heteroatoms. The van der Waals surface area contributed by atoms with Crippen LogP contribution in [0.4, 0.5) is 0 Å². The quantitative estimate of drug-likeness (QED) is 0.251. The van der Waals surface area contributed by atoms with Crippen molar-refractivity contribution in [3.8, 4) is 0 Å². The first-order valence-electron chi connectivity index (χ1n) is 2.28. The summed E-state index contributed by atoms with van der Waals surface area (Å²) in [5.74, 6) is 0. The second-order valence-corrected chi connectivity index (χ2v) is 5.82. The van der Waals surface area contributed by atoms with Crippen LogP contribution < -0.4 is 0 Å². The van der Waals surface area contributed by atoms with Gasteiger partial charge in [-0.3, -0.25) is 0 Å². The average molecular weight is 445 g/mol. The minimum Gasteiger partial charge on any atom is 0 e. The van der Waals surface area contributed by atoms with Gasteiger partial charge in [-0.2, -0.15) is 8.62 Å². The summed E-state index contributed by atoms with van der Waals surface area (Å²) in [4.78, 5) is 40.2. The molecule has 0 aliphatic rings. The zero-order valence-corrected chi connectivity index (χ0v) is 10.4. The molecule has 0 unspecified atom stereocenters. The third-order valence-corrected chi connectivity index (χ3v) is 3.77. The molecule has 0 saturated heterocycles. The Morgan fingerprint density at radius 2 is 0.933 bits per heavy atom. The Morgan fingerprint density at radius 3 is 1.07 bits per heavy atom. The molecular weight excluding hydrogens is 438 g/mol. The van der Waals surface area contributed by atoms with Gasteiger partial charge in [0.25, 0.3) is 0 Å². The average Bonchev–Trinajstić information content (AvgIpc) is 1.43. The van der Waals surface area contributed by atoms with E-state index in [0.29, 0.717) is 0 Å². The fourth-order valence-electron chi connectivity index (χ4n) is 0.284. The summed E-state index contributed by atoms with van der Waals surface area (Å²) in [6.45, 7) is 0. The van der Waals surface area contributed by atoms with Gasteiger partial charge in [-0.15, -0.1) is 0 Å². The molecule has 0 aliphatic heterocycles. The van der Waals surface area contributed by atoms with Crippen LogP contribution in [0.25, 0.3) is 0 Å². The minimum atomic E-state index is -5.46. The van der Waals surface area contributed by atoms with Gasteiger partial charge in [0.2, 0.25) is 0 Å². The molecule has 0 fully saturated rings. The van der Waals surface area contributed by atoms with Crippen LogP contribution in [0.5, 0.6) is 0 Å². The van der Waals surface area contributed by atoms with Crippen LogP contribution in [0.1, 0.15) is 0 Å². The van der Waals surface area contributed by atoms with E-state index in [4.69, 9.17) is 24.5 Å². The molecule has 0 saturated carbocycles. The predicted molar refractivity (Wildman–Crippen MR) is 44.6 cm³/mol. The van der Waals surface area contributed by atoms with Crippen LogP contribution in [0.2, 0.25) is 0 Å². The molecule has 0 heterocycles. The molecule has 0 radical (unpaired) electrons. The summed E-state index contributed by atoms with van der Waals surface area (Å²) >= 11 is 0. The summed E-state index contributed by atoms with van der Waals surface area (Å²) in [5, 5.41) is 0. The number of hydrogen-bond acceptors (Lipinski definition) is 5. The fraction of sp³-hybridized carbons (Fsp3) is 0. The Morgan fingerprint density at radius 1 is 0.733 bits per heavy atom. The van der Waals surface area contributed by atoms with E-state index in [-0.39, 0.29) is 70.6 Å². The summed E-state index contributed by atoms with van der Waals surface area (Å²) < 4.78 is 36.4. The van der Waals surface area contributed by atoms with E-state index in [1.807, 2.05) is 0 Å². The molecule has 0 spiro atoms. The molecule has 0 aromatic carbocycles. The summed E-state index contributed by atoms with van der Waals surface area (Å²) in [5.41, 5.74) is 0. The zero-order valence-electron chi connectivity index (χ0n) is 6.12. The molecule has 5 N–H and O–H groups in total. The Hall–Kier alpha value is 2.70. The van der Waals surface area contributed by atoms with Crippen molar-refractivity contribution < 1.29 is 68.5 Å². The van der Waals surface area contributed by atoms with Crippen molar-refractivity contribution in [1.29, 1.82) is 0 Å². The maximum Gasteiger partial charge on any atom is 0 e. The number of phosphoric acid groups is 3. The van der Waals surface area contributed by atoms with Gasteiger partial charge in [-0.05, 0) is 0 Å². The molecule has 15 heavy (non-hydrogen) atoms. The van der Waals surface area contributed by atoms with Crippen molar-refractivity contribution in [3.63, 3.8) is 0 Å². The standard InChI is InChI=1S/Ba.H5O10P3.Ti.2H/c;1-11(2,3)9-13(7,8)10-12(4,5)6;;;/h;(H,7,8)(H2,1,2,3)(H2,4,5,6);;;. The molecular formula is H7BaO10P3Ti. The Kier molecular flexibility index (Phi) is 12.2. The van der Waals surface area contributed by atoms with Crippen molar-refractivity contribution >= 4 is 72.3 Å². The van der Waals surface area contributed by atoms with Crippen LogP contribution in [0.3, 0.4) is 0 Å². The van der Waals surface area contributed by atoms with Gasteiger partial charge in [-0.25, -0.2) is 13.7 Å². The second-order valence-electron chi connectivity index (χ2n) is 1.61. The summed E-state index contributed by atoms with van der Waals surface area (Å²) in [7, 11) is -16.2. The fourth-order valence-corrected chi connectivity index (χ4v) is 2.82. The van der Waals surface area contributed by atoms with E-state index < -0.39 is 23.5 Å². The Labute approximate surface area is 139 Å². The van der Waals surface area contributed by atoms with E-state index in [1.165, 1.54) is 0 Å². The monoisotopic (exact) mass is 446 g/mol. The summed E-state index contributed by atoms with van der Waals surface area (Å²) in [6.07, 6.45) is 0. The van der Waals surface area contributed by atoms with Gasteiger partial charge in [0.1, 0.15) is 0 Å². The smallest absolute Gasteiger partial charge is 0 e. The number of rotatable bonds is 4. The van der Waals surface area contributed by atoms with Crippen molar-refractivity contribution in [2.45, 2.75) is 0 Å². The van der Waals surface area contributed by atoms with E-state index in [1.54, 1.807) is 0 Å². The normalized spacial score (nSPS) is 12.6. The maximum atomic E-state index is 10.4. The first-order valence-corrected chi connectivity index (χ1v) is 6.83. The van der Waals surface area contributed by atoms with Gasteiger partial charge in [0, 0.05) is 21.7 Å². The third-order valence-electron chi connectivity index (χ3n) is 0.419. The van der Waals surface area contributed by atoms with Crippen molar-refractivity contribution in [2.75, 3.05) is 0 Å².